The van der Waals surface area contributed by atoms with E-state index in [1.54, 1.807) is 17.7 Å². The molecule has 2 aromatic rings. The molecule has 0 unspecified atom stereocenters. The number of fused-ring (bicyclic) bond motifs is 1. The summed E-state index contributed by atoms with van der Waals surface area (Å²) in [7, 11) is 1.57. The number of nitrogens with zero attached hydrogens (tertiary/aromatic N) is 2. The molecular weight excluding hydrogens is 246 g/mol. The lowest BCUT2D eigenvalue weighted by molar-refractivity contribution is 0.194. The normalized spacial score (nSPS) is 10.1. The molecule has 0 aliphatic heterocycles. The van der Waals surface area contributed by atoms with Crippen LogP contribution in [0.4, 0.5) is 4.79 Å². The van der Waals surface area contributed by atoms with Crippen LogP contribution in [-0.2, 0) is 6.54 Å². The molecule has 6 nitrogen and oxygen atoms in total. The second-order valence-corrected chi connectivity index (χ2v) is 3.92. The summed E-state index contributed by atoms with van der Waals surface area (Å²) in [4.78, 5) is 10.4. The van der Waals surface area contributed by atoms with Gasteiger partial charge in [0.1, 0.15) is 17.5 Å². The molecule has 2 rings (SSSR count). The average Bonchev–Trinajstić information content (AvgIpc) is 2.76. The molecule has 0 bridgehead atoms. The first-order valence-corrected chi connectivity index (χ1v) is 5.70. The maximum absolute atomic E-state index is 10.4. The van der Waals surface area contributed by atoms with Crippen LogP contribution < -0.4 is 10.1 Å². The molecule has 1 aromatic heterocycles. The van der Waals surface area contributed by atoms with Crippen molar-refractivity contribution in [1.82, 2.24) is 9.88 Å². The predicted molar refractivity (Wildman–Crippen MR) is 69.2 cm³/mol. The van der Waals surface area contributed by atoms with Crippen molar-refractivity contribution in [3.63, 3.8) is 0 Å². The van der Waals surface area contributed by atoms with Crippen LogP contribution in [0.3, 0.4) is 0 Å². The topological polar surface area (TPSA) is 87.3 Å². The summed E-state index contributed by atoms with van der Waals surface area (Å²) in [6.07, 6.45) is -1.08. The molecular formula is C13H13N3O3. The highest BCUT2D eigenvalue weighted by molar-refractivity contribution is 5.88. The van der Waals surface area contributed by atoms with Crippen molar-refractivity contribution in [3.8, 4) is 11.8 Å². The fourth-order valence-electron chi connectivity index (χ4n) is 2.04. The molecule has 2 N–H and O–H groups in total. The second kappa shape index (κ2) is 5.31. The number of carbonyl (C=O) groups is 1. The van der Waals surface area contributed by atoms with Gasteiger partial charge in [0.15, 0.2) is 0 Å². The average molecular weight is 259 g/mol. The molecule has 0 aliphatic rings. The number of methoxy groups -OCH3 is 1. The molecule has 1 heterocycles. The van der Waals surface area contributed by atoms with Gasteiger partial charge in [-0.05, 0) is 18.2 Å². The van der Waals surface area contributed by atoms with Crippen LogP contribution in [0.5, 0.6) is 5.75 Å². The highest BCUT2D eigenvalue weighted by atomic mass is 16.5. The Balaban J connectivity index is 2.41. The van der Waals surface area contributed by atoms with Crippen molar-refractivity contribution >= 4 is 17.0 Å². The van der Waals surface area contributed by atoms with E-state index in [1.165, 1.54) is 0 Å². The van der Waals surface area contributed by atoms with Crippen molar-refractivity contribution in [2.45, 2.75) is 6.54 Å². The lowest BCUT2D eigenvalue weighted by atomic mass is 10.2. The van der Waals surface area contributed by atoms with Crippen molar-refractivity contribution in [2.24, 2.45) is 0 Å². The zero-order valence-electron chi connectivity index (χ0n) is 10.4. The van der Waals surface area contributed by atoms with Crippen molar-refractivity contribution in [2.75, 3.05) is 13.7 Å². The van der Waals surface area contributed by atoms with Gasteiger partial charge in [-0.15, -0.1) is 0 Å². The number of nitrogens with one attached hydrogen (secondary N) is 1. The van der Waals surface area contributed by atoms with Gasteiger partial charge in [-0.1, -0.05) is 6.07 Å². The second-order valence-electron chi connectivity index (χ2n) is 3.92. The molecule has 19 heavy (non-hydrogen) atoms. The van der Waals surface area contributed by atoms with Gasteiger partial charge in [0, 0.05) is 18.5 Å². The van der Waals surface area contributed by atoms with Gasteiger partial charge < -0.3 is 19.7 Å². The minimum Gasteiger partial charge on any atom is -0.496 e. The lowest BCUT2D eigenvalue weighted by Crippen LogP contribution is -2.25. The Bertz CT molecular complexity index is 655. The molecule has 0 fully saturated rings. The molecule has 1 aromatic carbocycles. The van der Waals surface area contributed by atoms with E-state index in [-0.39, 0.29) is 6.54 Å². The van der Waals surface area contributed by atoms with E-state index in [0.717, 1.165) is 10.9 Å². The van der Waals surface area contributed by atoms with E-state index in [0.29, 0.717) is 18.0 Å². The highest BCUT2D eigenvalue weighted by Gasteiger charge is 2.11. The molecule has 6 heteroatoms. The summed E-state index contributed by atoms with van der Waals surface area (Å²) < 4.78 is 7.02. The largest absolute Gasteiger partial charge is 0.496 e. The number of carboxylic acid groups (broad SMARTS) is 1. The first-order chi connectivity index (χ1) is 9.17. The van der Waals surface area contributed by atoms with Gasteiger partial charge in [-0.2, -0.15) is 5.26 Å². The number of amides is 1. The Hall–Kier alpha value is -2.68. The van der Waals surface area contributed by atoms with Crippen LogP contribution in [0.1, 0.15) is 5.69 Å². The van der Waals surface area contributed by atoms with Gasteiger partial charge >= 0.3 is 6.09 Å². The summed E-state index contributed by atoms with van der Waals surface area (Å²) in [6, 6.07) is 9.39. The fourth-order valence-corrected chi connectivity index (χ4v) is 2.04. The van der Waals surface area contributed by atoms with Crippen LogP contribution in [0, 0.1) is 11.3 Å². The maximum atomic E-state index is 10.4. The summed E-state index contributed by atoms with van der Waals surface area (Å²) in [5.41, 5.74) is 1.33. The Labute approximate surface area is 109 Å². The van der Waals surface area contributed by atoms with E-state index in [9.17, 15) is 4.79 Å². The third-order valence-electron chi connectivity index (χ3n) is 2.85. The Morgan fingerprint density at radius 2 is 2.37 bits per heavy atom. The van der Waals surface area contributed by atoms with Crippen LogP contribution in [0.15, 0.2) is 24.3 Å². The van der Waals surface area contributed by atoms with E-state index < -0.39 is 6.09 Å². The molecule has 0 spiro atoms. The smallest absolute Gasteiger partial charge is 0.404 e. The van der Waals surface area contributed by atoms with Crippen LogP contribution in [0.2, 0.25) is 0 Å². The van der Waals surface area contributed by atoms with Gasteiger partial charge in [0.25, 0.3) is 0 Å². The fraction of sp³-hybridized carbons (Fsp3) is 0.231. The Morgan fingerprint density at radius 1 is 1.58 bits per heavy atom. The van der Waals surface area contributed by atoms with Crippen LogP contribution in [-0.4, -0.2) is 29.4 Å². The zero-order valence-corrected chi connectivity index (χ0v) is 10.4. The predicted octanol–water partition coefficient (Wildman–Crippen LogP) is 1.79. The Kier molecular flexibility index (Phi) is 3.57. The number of aromatic nitrogens is 1. The first kappa shape index (κ1) is 12.8. The number of hydrogen-bond donors (Lipinski definition) is 2. The van der Waals surface area contributed by atoms with Gasteiger partial charge in [0.2, 0.25) is 0 Å². The summed E-state index contributed by atoms with van der Waals surface area (Å²) >= 11 is 0. The van der Waals surface area contributed by atoms with E-state index >= 15 is 0 Å². The third kappa shape index (κ3) is 2.45. The summed E-state index contributed by atoms with van der Waals surface area (Å²) in [5, 5.41) is 20.8. The highest BCUT2D eigenvalue weighted by Crippen LogP contribution is 2.28. The summed E-state index contributed by atoms with van der Waals surface area (Å²) in [5.74, 6) is 0.693. The lowest BCUT2D eigenvalue weighted by Gasteiger charge is -2.07. The maximum Gasteiger partial charge on any atom is 0.404 e. The molecule has 0 saturated carbocycles. The SMILES string of the molecule is COc1cccc2c1cc(C#N)n2CCNC(=O)O. The van der Waals surface area contributed by atoms with Crippen molar-refractivity contribution in [3.05, 3.63) is 30.0 Å². The minimum atomic E-state index is -1.08. The molecule has 0 saturated heterocycles. The van der Waals surface area contributed by atoms with Crippen LogP contribution >= 0.6 is 0 Å². The van der Waals surface area contributed by atoms with Crippen molar-refractivity contribution in [1.29, 1.82) is 5.26 Å². The van der Waals surface area contributed by atoms with Crippen LogP contribution in [0.25, 0.3) is 10.9 Å². The standard InChI is InChI=1S/C13H13N3O3/c1-19-12-4-2-3-11-10(12)7-9(8-14)16(11)6-5-15-13(17)18/h2-4,7,15H,5-6H2,1H3,(H,17,18). The van der Waals surface area contributed by atoms with Gasteiger partial charge in [-0.25, -0.2) is 4.79 Å². The molecule has 0 aliphatic carbocycles. The first-order valence-electron chi connectivity index (χ1n) is 5.70. The number of nitriles is 1. The third-order valence-corrected chi connectivity index (χ3v) is 2.85. The number of rotatable bonds is 4. The monoisotopic (exact) mass is 259 g/mol. The molecule has 0 atom stereocenters. The number of ether oxygens (including phenoxy) is 1. The number of benzene rings is 1. The van der Waals surface area contributed by atoms with Crippen molar-refractivity contribution < 1.29 is 14.6 Å². The molecule has 1 amide bonds. The quantitative estimate of drug-likeness (QED) is 0.876. The van der Waals surface area contributed by atoms with Gasteiger partial charge in [-0.3, -0.25) is 0 Å². The van der Waals surface area contributed by atoms with E-state index in [1.807, 2.05) is 18.2 Å². The summed E-state index contributed by atoms with van der Waals surface area (Å²) in [6.45, 7) is 0.636. The van der Waals surface area contributed by atoms with E-state index in [4.69, 9.17) is 15.1 Å². The number of hydrogen-bond acceptors (Lipinski definition) is 3. The zero-order chi connectivity index (χ0) is 13.8. The Morgan fingerprint density at radius 3 is 3.00 bits per heavy atom. The molecule has 98 valence electrons. The van der Waals surface area contributed by atoms with Gasteiger partial charge in [0.05, 0.1) is 12.6 Å². The molecule has 0 radical (unpaired) electrons. The minimum absolute atomic E-state index is 0.241. The van der Waals surface area contributed by atoms with E-state index in [2.05, 4.69) is 11.4 Å².